The highest BCUT2D eigenvalue weighted by molar-refractivity contribution is 5.77. The predicted octanol–water partition coefficient (Wildman–Crippen LogP) is 3.14. The van der Waals surface area contributed by atoms with Crippen molar-refractivity contribution in [2.24, 2.45) is 5.73 Å². The highest BCUT2D eigenvalue weighted by Gasteiger charge is 2.19. The number of primary amides is 1. The molecule has 0 atom stereocenters. The summed E-state index contributed by atoms with van der Waals surface area (Å²) in [6.07, 6.45) is 4.84. The quantitative estimate of drug-likeness (QED) is 0.412. The summed E-state index contributed by atoms with van der Waals surface area (Å²) in [4.78, 5) is 32.0. The summed E-state index contributed by atoms with van der Waals surface area (Å²) >= 11 is 0. The molecule has 0 fully saturated rings. The van der Waals surface area contributed by atoms with E-state index in [0.29, 0.717) is 5.69 Å². The number of anilines is 3. The fourth-order valence-corrected chi connectivity index (χ4v) is 4.27. The van der Waals surface area contributed by atoms with Crippen LogP contribution in [0, 0.1) is 0 Å². The van der Waals surface area contributed by atoms with Crippen LogP contribution in [0.5, 0.6) is 0 Å². The third-order valence-corrected chi connectivity index (χ3v) is 5.93. The largest absolute Gasteiger partial charge is 0.383 e. The zero-order valence-electron chi connectivity index (χ0n) is 18.5. The SMILES string of the molecule is NC(=O)Cc1ccc(Nc2cc(-c3ccc(-n4ccc(N)nc4=O)cc3)nc3c2CCC3)cc1. The highest BCUT2D eigenvalue weighted by Crippen LogP contribution is 2.34. The fourth-order valence-electron chi connectivity index (χ4n) is 4.27. The zero-order valence-corrected chi connectivity index (χ0v) is 18.5. The number of carbonyl (C=O) groups is 1. The molecular formula is C26H24N6O2. The second-order valence-electron chi connectivity index (χ2n) is 8.35. The van der Waals surface area contributed by atoms with Crippen LogP contribution in [0.4, 0.5) is 17.2 Å². The Morgan fingerprint density at radius 1 is 1.00 bits per heavy atom. The third kappa shape index (κ3) is 4.38. The number of nitrogen functional groups attached to an aromatic ring is 1. The van der Waals surface area contributed by atoms with Crippen molar-refractivity contribution in [3.05, 3.63) is 94.2 Å². The number of rotatable bonds is 6. The number of benzene rings is 2. The van der Waals surface area contributed by atoms with Crippen LogP contribution in [0.2, 0.25) is 0 Å². The molecular weight excluding hydrogens is 428 g/mol. The number of amides is 1. The van der Waals surface area contributed by atoms with Crippen molar-refractivity contribution in [2.45, 2.75) is 25.7 Å². The van der Waals surface area contributed by atoms with Crippen molar-refractivity contribution in [1.82, 2.24) is 14.5 Å². The van der Waals surface area contributed by atoms with Crippen molar-refractivity contribution in [2.75, 3.05) is 11.1 Å². The van der Waals surface area contributed by atoms with Gasteiger partial charge in [-0.2, -0.15) is 4.98 Å². The summed E-state index contributed by atoms with van der Waals surface area (Å²) in [5.41, 5.74) is 18.2. The Kier molecular flexibility index (Phi) is 5.55. The van der Waals surface area contributed by atoms with Crippen molar-refractivity contribution in [3.63, 3.8) is 0 Å². The van der Waals surface area contributed by atoms with E-state index in [4.69, 9.17) is 16.5 Å². The Labute approximate surface area is 196 Å². The number of pyridine rings is 1. The average molecular weight is 453 g/mol. The van der Waals surface area contributed by atoms with E-state index in [9.17, 15) is 9.59 Å². The number of nitrogens with one attached hydrogen (secondary N) is 1. The van der Waals surface area contributed by atoms with E-state index in [1.807, 2.05) is 48.5 Å². The molecule has 5 rings (SSSR count). The summed E-state index contributed by atoms with van der Waals surface area (Å²) in [6, 6.07) is 19.0. The topological polar surface area (TPSA) is 129 Å². The maximum atomic E-state index is 12.1. The molecule has 170 valence electrons. The average Bonchev–Trinajstić information content (AvgIpc) is 3.29. The predicted molar refractivity (Wildman–Crippen MR) is 132 cm³/mol. The minimum atomic E-state index is -0.420. The van der Waals surface area contributed by atoms with Crippen molar-refractivity contribution < 1.29 is 4.79 Å². The summed E-state index contributed by atoms with van der Waals surface area (Å²) in [5, 5.41) is 3.52. The molecule has 2 aromatic carbocycles. The van der Waals surface area contributed by atoms with Gasteiger partial charge >= 0.3 is 5.69 Å². The van der Waals surface area contributed by atoms with Crippen molar-refractivity contribution in [1.29, 1.82) is 0 Å². The summed E-state index contributed by atoms with van der Waals surface area (Å²) < 4.78 is 1.45. The van der Waals surface area contributed by atoms with Gasteiger partial charge in [0.1, 0.15) is 5.82 Å². The first kappa shape index (κ1) is 21.4. The molecule has 8 heteroatoms. The number of aromatic nitrogens is 3. The van der Waals surface area contributed by atoms with E-state index in [-0.39, 0.29) is 18.1 Å². The lowest BCUT2D eigenvalue weighted by Gasteiger charge is -2.14. The standard InChI is InChI=1S/C26H24N6O2/c27-24-12-13-32(26(34)31-24)19-10-6-17(7-11-19)22-15-23(20-2-1-3-21(20)30-22)29-18-8-4-16(5-9-18)14-25(28)33/h4-13,15H,1-3,14H2,(H2,28,33)(H,29,30)(H2,27,31,34). The molecule has 1 aliphatic rings. The van der Waals surface area contributed by atoms with E-state index in [1.54, 1.807) is 12.3 Å². The molecule has 1 aliphatic carbocycles. The van der Waals surface area contributed by atoms with Crippen LogP contribution in [0.3, 0.4) is 0 Å². The lowest BCUT2D eigenvalue weighted by atomic mass is 10.1. The van der Waals surface area contributed by atoms with Crippen LogP contribution in [0.1, 0.15) is 23.2 Å². The van der Waals surface area contributed by atoms with Gasteiger partial charge in [0.25, 0.3) is 0 Å². The van der Waals surface area contributed by atoms with E-state index in [0.717, 1.165) is 53.2 Å². The van der Waals surface area contributed by atoms with E-state index in [1.165, 1.54) is 10.1 Å². The van der Waals surface area contributed by atoms with E-state index < -0.39 is 5.69 Å². The Morgan fingerprint density at radius 3 is 2.47 bits per heavy atom. The molecule has 5 N–H and O–H groups in total. The smallest absolute Gasteiger partial charge is 0.354 e. The molecule has 1 amide bonds. The number of hydrogen-bond donors (Lipinski definition) is 3. The van der Waals surface area contributed by atoms with Crippen molar-refractivity contribution >= 4 is 23.1 Å². The van der Waals surface area contributed by atoms with Gasteiger partial charge in [-0.3, -0.25) is 14.3 Å². The zero-order chi connectivity index (χ0) is 23.7. The van der Waals surface area contributed by atoms with Gasteiger partial charge < -0.3 is 16.8 Å². The number of carbonyl (C=O) groups excluding carboxylic acids is 1. The number of hydrogen-bond acceptors (Lipinski definition) is 6. The fraction of sp³-hybridized carbons (Fsp3) is 0.154. The molecule has 0 aliphatic heterocycles. The molecule has 0 spiro atoms. The van der Waals surface area contributed by atoms with Crippen molar-refractivity contribution in [3.8, 4) is 16.9 Å². The lowest BCUT2D eigenvalue weighted by molar-refractivity contribution is -0.117. The summed E-state index contributed by atoms with van der Waals surface area (Å²) in [7, 11) is 0. The molecule has 0 bridgehead atoms. The van der Waals surface area contributed by atoms with Gasteiger partial charge in [0.15, 0.2) is 0 Å². The highest BCUT2D eigenvalue weighted by atomic mass is 16.1. The minimum absolute atomic E-state index is 0.197. The van der Waals surface area contributed by atoms with Crippen LogP contribution >= 0.6 is 0 Å². The number of fused-ring (bicyclic) bond motifs is 1. The molecule has 34 heavy (non-hydrogen) atoms. The number of nitrogens with two attached hydrogens (primary N) is 2. The number of nitrogens with zero attached hydrogens (tertiary/aromatic N) is 3. The molecule has 2 aromatic heterocycles. The second-order valence-corrected chi connectivity index (χ2v) is 8.35. The first-order valence-corrected chi connectivity index (χ1v) is 11.1. The minimum Gasteiger partial charge on any atom is -0.383 e. The molecule has 0 radical (unpaired) electrons. The Morgan fingerprint density at radius 2 is 1.76 bits per heavy atom. The van der Waals surface area contributed by atoms with E-state index in [2.05, 4.69) is 16.4 Å². The summed E-state index contributed by atoms with van der Waals surface area (Å²) in [6.45, 7) is 0. The molecule has 8 nitrogen and oxygen atoms in total. The lowest BCUT2D eigenvalue weighted by Crippen LogP contribution is -2.21. The molecule has 0 saturated heterocycles. The Bertz CT molecular complexity index is 1430. The van der Waals surface area contributed by atoms with Gasteiger partial charge in [0.05, 0.1) is 17.8 Å². The van der Waals surface area contributed by atoms with Gasteiger partial charge in [0, 0.05) is 28.8 Å². The van der Waals surface area contributed by atoms with Gasteiger partial charge in [-0.05, 0) is 66.8 Å². The molecule has 4 aromatic rings. The van der Waals surface area contributed by atoms with Crippen LogP contribution < -0.4 is 22.5 Å². The van der Waals surface area contributed by atoms with Gasteiger partial charge in [-0.1, -0.05) is 24.3 Å². The molecule has 0 saturated carbocycles. The second kappa shape index (κ2) is 8.82. The molecule has 0 unspecified atom stereocenters. The number of aryl methyl sites for hydroxylation is 1. The Hall–Kier alpha value is -4.46. The van der Waals surface area contributed by atoms with Crippen LogP contribution in [0.25, 0.3) is 16.9 Å². The Balaban J connectivity index is 1.44. The first-order valence-electron chi connectivity index (χ1n) is 11.1. The van der Waals surface area contributed by atoms with Gasteiger partial charge in [-0.25, -0.2) is 4.79 Å². The normalized spacial score (nSPS) is 12.4. The van der Waals surface area contributed by atoms with Gasteiger partial charge in [0.2, 0.25) is 5.91 Å². The maximum Gasteiger partial charge on any atom is 0.354 e. The first-order chi connectivity index (χ1) is 16.5. The summed E-state index contributed by atoms with van der Waals surface area (Å²) in [5.74, 6) is -0.149. The third-order valence-electron chi connectivity index (χ3n) is 5.93. The van der Waals surface area contributed by atoms with Crippen LogP contribution in [0.15, 0.2) is 71.7 Å². The van der Waals surface area contributed by atoms with Crippen LogP contribution in [-0.4, -0.2) is 20.4 Å². The van der Waals surface area contributed by atoms with E-state index >= 15 is 0 Å². The monoisotopic (exact) mass is 452 g/mol. The van der Waals surface area contributed by atoms with Crippen LogP contribution in [-0.2, 0) is 24.1 Å². The van der Waals surface area contributed by atoms with Gasteiger partial charge in [-0.15, -0.1) is 0 Å². The maximum absolute atomic E-state index is 12.1. The molecule has 2 heterocycles.